The van der Waals surface area contributed by atoms with Gasteiger partial charge in [0.1, 0.15) is 6.10 Å². The van der Waals surface area contributed by atoms with E-state index in [4.69, 9.17) is 9.47 Å². The summed E-state index contributed by atoms with van der Waals surface area (Å²) in [5.74, 6) is -0.191. The lowest BCUT2D eigenvalue weighted by atomic mass is 10.1. The van der Waals surface area contributed by atoms with Gasteiger partial charge < -0.3 is 14.8 Å². The van der Waals surface area contributed by atoms with Crippen LogP contribution < -0.4 is 5.32 Å². The SMILES string of the molecule is COCCNC(=O)c1cc2n(n1)CC(c1ccc(Br)cc1)OC2. The molecule has 3 rings (SSSR count). The summed E-state index contributed by atoms with van der Waals surface area (Å²) in [4.78, 5) is 12.0. The van der Waals surface area contributed by atoms with Gasteiger partial charge in [0.15, 0.2) is 5.69 Å². The summed E-state index contributed by atoms with van der Waals surface area (Å²) in [6.45, 7) is 1.99. The fourth-order valence-electron chi connectivity index (χ4n) is 2.47. The molecule has 1 N–H and O–H groups in total. The number of amides is 1. The quantitative estimate of drug-likeness (QED) is 0.809. The van der Waals surface area contributed by atoms with E-state index in [1.54, 1.807) is 13.2 Å². The van der Waals surface area contributed by atoms with Crippen LogP contribution >= 0.6 is 15.9 Å². The molecule has 7 heteroatoms. The van der Waals surface area contributed by atoms with Crippen molar-refractivity contribution < 1.29 is 14.3 Å². The molecule has 6 nitrogen and oxygen atoms in total. The largest absolute Gasteiger partial charge is 0.383 e. The second-order valence-electron chi connectivity index (χ2n) is 5.30. The number of nitrogens with one attached hydrogen (secondary N) is 1. The highest BCUT2D eigenvalue weighted by molar-refractivity contribution is 9.10. The Kier molecular flexibility index (Phi) is 5.09. The maximum Gasteiger partial charge on any atom is 0.271 e. The average Bonchev–Trinajstić information content (AvgIpc) is 2.99. The second kappa shape index (κ2) is 7.25. The van der Waals surface area contributed by atoms with Crippen molar-refractivity contribution in [2.45, 2.75) is 19.3 Å². The molecule has 0 spiro atoms. The van der Waals surface area contributed by atoms with Gasteiger partial charge in [0, 0.05) is 18.1 Å². The molecule has 0 aliphatic carbocycles. The Morgan fingerprint density at radius 1 is 1.48 bits per heavy atom. The van der Waals surface area contributed by atoms with Gasteiger partial charge in [0.05, 0.1) is 25.5 Å². The lowest BCUT2D eigenvalue weighted by Gasteiger charge is -2.24. The van der Waals surface area contributed by atoms with E-state index in [2.05, 4.69) is 26.3 Å². The van der Waals surface area contributed by atoms with Crippen LogP contribution in [0.5, 0.6) is 0 Å². The van der Waals surface area contributed by atoms with Crippen LogP contribution in [0.15, 0.2) is 34.8 Å². The predicted molar refractivity (Wildman–Crippen MR) is 88.1 cm³/mol. The lowest BCUT2D eigenvalue weighted by molar-refractivity contribution is -0.00120. The van der Waals surface area contributed by atoms with E-state index in [9.17, 15) is 4.79 Å². The minimum absolute atomic E-state index is 0.0556. The predicted octanol–water partition coefficient (Wildman–Crippen LogP) is 2.29. The zero-order valence-corrected chi connectivity index (χ0v) is 14.4. The molecule has 1 aliphatic heterocycles. The number of ether oxygens (including phenoxy) is 2. The second-order valence-corrected chi connectivity index (χ2v) is 6.22. The molecule has 1 atom stereocenters. The topological polar surface area (TPSA) is 65.4 Å². The Morgan fingerprint density at radius 3 is 3.00 bits per heavy atom. The average molecular weight is 380 g/mol. The van der Waals surface area contributed by atoms with Crippen LogP contribution in [0.4, 0.5) is 0 Å². The van der Waals surface area contributed by atoms with Crippen molar-refractivity contribution in [2.75, 3.05) is 20.3 Å². The van der Waals surface area contributed by atoms with E-state index in [1.807, 2.05) is 28.9 Å². The fraction of sp³-hybridized carbons (Fsp3) is 0.375. The van der Waals surface area contributed by atoms with Gasteiger partial charge in [0.25, 0.3) is 5.91 Å². The minimum Gasteiger partial charge on any atom is -0.383 e. The molecule has 2 heterocycles. The highest BCUT2D eigenvalue weighted by Gasteiger charge is 2.23. The zero-order valence-electron chi connectivity index (χ0n) is 12.8. The van der Waals surface area contributed by atoms with Gasteiger partial charge in [-0.2, -0.15) is 5.10 Å². The Hall–Kier alpha value is -1.70. The van der Waals surface area contributed by atoms with E-state index in [0.29, 0.717) is 32.0 Å². The number of aromatic nitrogens is 2. The molecular weight excluding hydrogens is 362 g/mol. The first-order valence-corrected chi connectivity index (χ1v) is 8.17. The summed E-state index contributed by atoms with van der Waals surface area (Å²) in [6.07, 6.45) is -0.0556. The molecule has 1 aliphatic rings. The van der Waals surface area contributed by atoms with Gasteiger partial charge in [-0.05, 0) is 23.8 Å². The van der Waals surface area contributed by atoms with Gasteiger partial charge in [-0.1, -0.05) is 28.1 Å². The number of rotatable bonds is 5. The number of methoxy groups -OCH3 is 1. The van der Waals surface area contributed by atoms with Crippen molar-refractivity contribution in [3.63, 3.8) is 0 Å². The maximum absolute atomic E-state index is 12.0. The normalized spacial score (nSPS) is 16.9. The van der Waals surface area contributed by atoms with Crippen molar-refractivity contribution in [3.8, 4) is 0 Å². The minimum atomic E-state index is -0.191. The Balaban J connectivity index is 1.69. The molecule has 2 aromatic rings. The maximum atomic E-state index is 12.0. The third-order valence-corrected chi connectivity index (χ3v) is 4.23. The van der Waals surface area contributed by atoms with Gasteiger partial charge in [-0.15, -0.1) is 0 Å². The highest BCUT2D eigenvalue weighted by atomic mass is 79.9. The van der Waals surface area contributed by atoms with E-state index < -0.39 is 0 Å². The van der Waals surface area contributed by atoms with Crippen molar-refractivity contribution in [2.24, 2.45) is 0 Å². The van der Waals surface area contributed by atoms with Crippen molar-refractivity contribution in [1.29, 1.82) is 0 Å². The highest BCUT2D eigenvalue weighted by Crippen LogP contribution is 2.27. The Labute approximate surface area is 142 Å². The summed E-state index contributed by atoms with van der Waals surface area (Å²) in [6, 6.07) is 9.82. The van der Waals surface area contributed by atoms with Crippen molar-refractivity contribution in [1.82, 2.24) is 15.1 Å². The van der Waals surface area contributed by atoms with Crippen LogP contribution in [0.1, 0.15) is 27.8 Å². The van der Waals surface area contributed by atoms with Gasteiger partial charge >= 0.3 is 0 Å². The van der Waals surface area contributed by atoms with Gasteiger partial charge in [-0.25, -0.2) is 0 Å². The third kappa shape index (κ3) is 3.80. The number of nitrogens with zero attached hydrogens (tertiary/aromatic N) is 2. The summed E-state index contributed by atoms with van der Waals surface area (Å²) in [5.41, 5.74) is 2.42. The molecule has 23 heavy (non-hydrogen) atoms. The number of halogens is 1. The molecule has 0 radical (unpaired) electrons. The van der Waals surface area contributed by atoms with Crippen LogP contribution in [0.3, 0.4) is 0 Å². The van der Waals surface area contributed by atoms with Gasteiger partial charge in [-0.3, -0.25) is 9.48 Å². The lowest BCUT2D eigenvalue weighted by Crippen LogP contribution is -2.27. The molecule has 0 bridgehead atoms. The molecule has 1 amide bonds. The summed E-state index contributed by atoms with van der Waals surface area (Å²) >= 11 is 3.43. The Morgan fingerprint density at radius 2 is 2.26 bits per heavy atom. The summed E-state index contributed by atoms with van der Waals surface area (Å²) in [5, 5.41) is 7.17. The van der Waals surface area contributed by atoms with Crippen LogP contribution in [0, 0.1) is 0 Å². The summed E-state index contributed by atoms with van der Waals surface area (Å²) in [7, 11) is 1.60. The number of carbonyl (C=O) groups is 1. The fourth-order valence-corrected chi connectivity index (χ4v) is 2.74. The first-order valence-electron chi connectivity index (χ1n) is 7.38. The van der Waals surface area contributed by atoms with Crippen molar-refractivity contribution in [3.05, 3.63) is 51.8 Å². The third-order valence-electron chi connectivity index (χ3n) is 3.70. The van der Waals surface area contributed by atoms with Crippen LogP contribution in [-0.4, -0.2) is 35.9 Å². The molecule has 0 fully saturated rings. The number of carbonyl (C=O) groups excluding carboxylic acids is 1. The zero-order chi connectivity index (χ0) is 16.2. The van der Waals surface area contributed by atoms with Crippen LogP contribution in [0.2, 0.25) is 0 Å². The number of hydrogen-bond donors (Lipinski definition) is 1. The molecule has 1 unspecified atom stereocenters. The number of hydrogen-bond acceptors (Lipinski definition) is 4. The summed E-state index contributed by atoms with van der Waals surface area (Å²) < 4.78 is 13.7. The number of benzene rings is 1. The van der Waals surface area contributed by atoms with Crippen LogP contribution in [-0.2, 0) is 22.6 Å². The van der Waals surface area contributed by atoms with E-state index in [0.717, 1.165) is 15.7 Å². The van der Waals surface area contributed by atoms with Crippen molar-refractivity contribution >= 4 is 21.8 Å². The first-order chi connectivity index (χ1) is 11.2. The molecule has 1 aromatic heterocycles. The van der Waals surface area contributed by atoms with Gasteiger partial charge in [0.2, 0.25) is 0 Å². The molecular formula is C16H18BrN3O3. The first kappa shape index (κ1) is 16.2. The molecule has 1 aromatic carbocycles. The monoisotopic (exact) mass is 379 g/mol. The van der Waals surface area contributed by atoms with Crippen LogP contribution in [0.25, 0.3) is 0 Å². The molecule has 122 valence electrons. The number of fused-ring (bicyclic) bond motifs is 1. The standard InChI is InChI=1S/C16H18BrN3O3/c1-22-7-6-18-16(21)14-8-13-10-23-15(9-20(13)19-14)11-2-4-12(17)5-3-11/h2-5,8,15H,6-7,9-10H2,1H3,(H,18,21). The molecule has 0 saturated heterocycles. The molecule has 0 saturated carbocycles. The van der Waals surface area contributed by atoms with E-state index >= 15 is 0 Å². The van der Waals surface area contributed by atoms with E-state index in [-0.39, 0.29) is 12.0 Å². The van der Waals surface area contributed by atoms with E-state index in [1.165, 1.54) is 0 Å². The Bertz CT molecular complexity index is 684. The smallest absolute Gasteiger partial charge is 0.271 e.